The van der Waals surface area contributed by atoms with Gasteiger partial charge in [-0.2, -0.15) is 5.10 Å². The molecule has 3 aromatic heterocycles. The van der Waals surface area contributed by atoms with Gasteiger partial charge in [0.25, 0.3) is 5.91 Å². The van der Waals surface area contributed by atoms with Crippen LogP contribution < -0.4 is 10.0 Å². The summed E-state index contributed by atoms with van der Waals surface area (Å²) in [6.07, 6.45) is 1.67. The van der Waals surface area contributed by atoms with Crippen molar-refractivity contribution in [3.05, 3.63) is 75.7 Å². The molecule has 0 saturated heterocycles. The number of aryl methyl sites for hydroxylation is 1. The van der Waals surface area contributed by atoms with Crippen molar-refractivity contribution in [2.75, 3.05) is 7.05 Å². The van der Waals surface area contributed by atoms with E-state index in [1.807, 2.05) is 24.4 Å². The van der Waals surface area contributed by atoms with Gasteiger partial charge in [-0.05, 0) is 49.2 Å². The molecule has 2 N–H and O–H groups in total. The minimum Gasteiger partial charge on any atom is -0.348 e. The lowest BCUT2D eigenvalue weighted by molar-refractivity contribution is 0.0952. The summed E-state index contributed by atoms with van der Waals surface area (Å²) in [6, 6.07) is 12.2. The molecule has 160 valence electrons. The van der Waals surface area contributed by atoms with Crippen LogP contribution in [0.5, 0.6) is 0 Å². The van der Waals surface area contributed by atoms with E-state index < -0.39 is 10.0 Å². The zero-order valence-corrected chi connectivity index (χ0v) is 18.6. The highest BCUT2D eigenvalue weighted by atomic mass is 32.2. The highest BCUT2D eigenvalue weighted by molar-refractivity contribution is 7.89. The van der Waals surface area contributed by atoms with Crippen molar-refractivity contribution in [3.63, 3.8) is 0 Å². The number of carbonyl (C=O) groups excluding carboxylic acids is 1. The molecular weight excluding hydrogens is 434 g/mol. The number of aromatic nitrogens is 3. The van der Waals surface area contributed by atoms with Gasteiger partial charge >= 0.3 is 0 Å². The van der Waals surface area contributed by atoms with Gasteiger partial charge < -0.3 is 5.32 Å². The molecule has 0 saturated carbocycles. The van der Waals surface area contributed by atoms with Crippen LogP contribution in [0.4, 0.5) is 0 Å². The summed E-state index contributed by atoms with van der Waals surface area (Å²) in [7, 11) is -2.12. The minimum atomic E-state index is -3.49. The van der Waals surface area contributed by atoms with E-state index in [4.69, 9.17) is 0 Å². The second kappa shape index (κ2) is 8.58. The van der Waals surface area contributed by atoms with Crippen LogP contribution in [0.15, 0.2) is 58.9 Å². The van der Waals surface area contributed by atoms with Gasteiger partial charge in [-0.15, -0.1) is 11.3 Å². The van der Waals surface area contributed by atoms with E-state index in [1.54, 1.807) is 40.4 Å². The van der Waals surface area contributed by atoms with Crippen molar-refractivity contribution in [2.24, 2.45) is 0 Å². The SMILES string of the molecule is CNS(=O)(=O)c1ccc(CNC(=O)c2cc(C)nc3c2cnn3Cc2cccs2)cc1. The lowest BCUT2D eigenvalue weighted by Crippen LogP contribution is -2.23. The average molecular weight is 456 g/mol. The van der Waals surface area contributed by atoms with Crippen LogP contribution in [-0.4, -0.2) is 36.1 Å². The number of fused-ring (bicyclic) bond motifs is 1. The summed E-state index contributed by atoms with van der Waals surface area (Å²) < 4.78 is 27.7. The van der Waals surface area contributed by atoms with Crippen molar-refractivity contribution in [1.82, 2.24) is 24.8 Å². The number of amides is 1. The largest absolute Gasteiger partial charge is 0.348 e. The van der Waals surface area contributed by atoms with Gasteiger partial charge in [0.05, 0.1) is 28.6 Å². The van der Waals surface area contributed by atoms with E-state index in [0.29, 0.717) is 23.1 Å². The Hall–Kier alpha value is -3.08. The van der Waals surface area contributed by atoms with Crippen molar-refractivity contribution < 1.29 is 13.2 Å². The molecule has 4 rings (SSSR count). The topological polar surface area (TPSA) is 106 Å². The van der Waals surface area contributed by atoms with Gasteiger partial charge in [0.15, 0.2) is 5.65 Å². The Morgan fingerprint density at radius 2 is 1.97 bits per heavy atom. The molecule has 0 aliphatic carbocycles. The molecule has 4 aromatic rings. The third-order valence-electron chi connectivity index (χ3n) is 4.82. The lowest BCUT2D eigenvalue weighted by atomic mass is 10.1. The number of benzene rings is 1. The van der Waals surface area contributed by atoms with Crippen LogP contribution in [-0.2, 0) is 23.1 Å². The predicted molar refractivity (Wildman–Crippen MR) is 120 cm³/mol. The van der Waals surface area contributed by atoms with Crippen molar-refractivity contribution in [2.45, 2.75) is 24.9 Å². The first-order valence-corrected chi connectivity index (χ1v) is 11.9. The number of hydrogen-bond acceptors (Lipinski definition) is 6. The number of pyridine rings is 1. The van der Waals surface area contributed by atoms with Crippen LogP contribution in [0.3, 0.4) is 0 Å². The Bertz CT molecular complexity index is 1330. The molecule has 10 heteroatoms. The van der Waals surface area contributed by atoms with E-state index >= 15 is 0 Å². The standard InChI is InChI=1S/C21H21N5O3S2/c1-14-10-18(19-12-24-26(20(19)25-14)13-16-4-3-9-30-16)21(27)23-11-15-5-7-17(8-6-15)31(28,29)22-2/h3-10,12,22H,11,13H2,1-2H3,(H,23,27). The summed E-state index contributed by atoms with van der Waals surface area (Å²) in [6.45, 7) is 2.71. The third kappa shape index (κ3) is 4.50. The van der Waals surface area contributed by atoms with E-state index in [9.17, 15) is 13.2 Å². The molecule has 0 atom stereocenters. The Morgan fingerprint density at radius 3 is 2.65 bits per heavy atom. The molecule has 8 nitrogen and oxygen atoms in total. The lowest BCUT2D eigenvalue weighted by Gasteiger charge is -2.09. The molecule has 3 heterocycles. The van der Waals surface area contributed by atoms with Crippen LogP contribution in [0.25, 0.3) is 11.0 Å². The second-order valence-corrected chi connectivity index (χ2v) is 9.88. The molecule has 31 heavy (non-hydrogen) atoms. The van der Waals surface area contributed by atoms with E-state index in [0.717, 1.165) is 16.1 Å². The molecule has 0 spiro atoms. The van der Waals surface area contributed by atoms with Crippen molar-refractivity contribution in [1.29, 1.82) is 0 Å². The number of sulfonamides is 1. The summed E-state index contributed by atoms with van der Waals surface area (Å²) in [5, 5.41) is 10.0. The minimum absolute atomic E-state index is 0.176. The Morgan fingerprint density at radius 1 is 1.19 bits per heavy atom. The summed E-state index contributed by atoms with van der Waals surface area (Å²) in [5.74, 6) is -0.238. The monoisotopic (exact) mass is 455 g/mol. The molecular formula is C21H21N5O3S2. The first kappa shape index (κ1) is 21.2. The highest BCUT2D eigenvalue weighted by Gasteiger charge is 2.16. The quantitative estimate of drug-likeness (QED) is 0.446. The van der Waals surface area contributed by atoms with Gasteiger partial charge in [0.1, 0.15) is 0 Å². The molecule has 0 unspecified atom stereocenters. The first-order chi connectivity index (χ1) is 14.9. The Kier molecular flexibility index (Phi) is 5.86. The molecule has 1 aromatic carbocycles. The third-order valence-corrected chi connectivity index (χ3v) is 7.11. The Balaban J connectivity index is 1.53. The van der Waals surface area contributed by atoms with Crippen molar-refractivity contribution in [3.8, 4) is 0 Å². The predicted octanol–water partition coefficient (Wildman–Crippen LogP) is 2.69. The summed E-state index contributed by atoms with van der Waals surface area (Å²) in [5.41, 5.74) is 2.69. The maximum atomic E-state index is 12.9. The first-order valence-electron chi connectivity index (χ1n) is 9.53. The fraction of sp³-hybridized carbons (Fsp3) is 0.190. The van der Waals surface area contributed by atoms with Crippen LogP contribution in [0, 0.1) is 6.92 Å². The number of carbonyl (C=O) groups is 1. The second-order valence-electron chi connectivity index (χ2n) is 6.96. The maximum absolute atomic E-state index is 12.9. The smallest absolute Gasteiger partial charge is 0.252 e. The van der Waals surface area contributed by atoms with Gasteiger partial charge in [-0.25, -0.2) is 22.8 Å². The summed E-state index contributed by atoms with van der Waals surface area (Å²) >= 11 is 1.64. The number of nitrogens with zero attached hydrogens (tertiary/aromatic N) is 3. The zero-order valence-electron chi connectivity index (χ0n) is 17.0. The zero-order chi connectivity index (χ0) is 22.0. The van der Waals surface area contributed by atoms with Crippen LogP contribution in [0.1, 0.15) is 26.5 Å². The number of rotatable bonds is 7. The van der Waals surface area contributed by atoms with Crippen LogP contribution >= 0.6 is 11.3 Å². The highest BCUT2D eigenvalue weighted by Crippen LogP contribution is 2.20. The number of hydrogen-bond donors (Lipinski definition) is 2. The number of thiophene rings is 1. The summed E-state index contributed by atoms with van der Waals surface area (Å²) in [4.78, 5) is 18.8. The fourth-order valence-electron chi connectivity index (χ4n) is 3.21. The molecule has 0 aliphatic rings. The van der Waals surface area contributed by atoms with Crippen LogP contribution in [0.2, 0.25) is 0 Å². The van der Waals surface area contributed by atoms with Crippen molar-refractivity contribution >= 4 is 38.3 Å². The molecule has 1 amide bonds. The number of nitrogens with one attached hydrogen (secondary N) is 2. The Labute approximate surface area is 184 Å². The maximum Gasteiger partial charge on any atom is 0.252 e. The molecule has 0 aliphatic heterocycles. The van der Waals surface area contributed by atoms with Gasteiger partial charge in [-0.3, -0.25) is 4.79 Å². The molecule has 0 bridgehead atoms. The van der Waals surface area contributed by atoms with Gasteiger partial charge in [0, 0.05) is 17.1 Å². The van der Waals surface area contributed by atoms with E-state index in [1.165, 1.54) is 19.2 Å². The van der Waals surface area contributed by atoms with E-state index in [2.05, 4.69) is 20.1 Å². The molecule has 0 radical (unpaired) electrons. The molecule has 0 fully saturated rings. The van der Waals surface area contributed by atoms with Gasteiger partial charge in [-0.1, -0.05) is 18.2 Å². The average Bonchev–Trinajstić information content (AvgIpc) is 3.42. The normalized spacial score (nSPS) is 11.7. The van der Waals surface area contributed by atoms with Gasteiger partial charge in [0.2, 0.25) is 10.0 Å². The fourth-order valence-corrected chi connectivity index (χ4v) is 4.62. The van der Waals surface area contributed by atoms with E-state index in [-0.39, 0.29) is 17.3 Å².